The van der Waals surface area contributed by atoms with Crippen molar-refractivity contribution in [3.05, 3.63) is 101 Å². The lowest BCUT2D eigenvalue weighted by Crippen LogP contribution is -2.32. The minimum absolute atomic E-state index is 0.110. The molecule has 2 aliphatic rings. The zero-order chi connectivity index (χ0) is 21.0. The first kappa shape index (κ1) is 18.5. The molecular weight excluding hydrogens is 388 g/mol. The summed E-state index contributed by atoms with van der Waals surface area (Å²) in [6.45, 7) is 0.188. The number of anilines is 1. The number of fused-ring (bicyclic) bond motifs is 2. The Bertz CT molecular complexity index is 1190. The summed E-state index contributed by atoms with van der Waals surface area (Å²) in [7, 11) is 0. The van der Waals surface area contributed by atoms with Crippen molar-refractivity contribution in [3.63, 3.8) is 0 Å². The number of carboxylic acids is 1. The second-order valence-electron chi connectivity index (χ2n) is 7.84. The third-order valence-electron chi connectivity index (χ3n) is 6.10. The van der Waals surface area contributed by atoms with Crippen LogP contribution < -0.4 is 4.90 Å². The van der Waals surface area contributed by atoms with Gasteiger partial charge in [-0.15, -0.1) is 0 Å². The number of halogens is 2. The average Bonchev–Trinajstić information content (AvgIpc) is 3.44. The highest BCUT2D eigenvalue weighted by atomic mass is 19.1. The summed E-state index contributed by atoms with van der Waals surface area (Å²) in [5, 5.41) is 9.44. The Labute approximate surface area is 171 Å². The number of carboxylic acid groups (broad SMARTS) is 1. The van der Waals surface area contributed by atoms with Crippen molar-refractivity contribution >= 4 is 17.6 Å². The van der Waals surface area contributed by atoms with E-state index in [4.69, 9.17) is 0 Å². The Balaban J connectivity index is 1.59. The van der Waals surface area contributed by atoms with Gasteiger partial charge in [0.2, 0.25) is 5.91 Å². The van der Waals surface area contributed by atoms with Crippen LogP contribution in [0.5, 0.6) is 0 Å². The van der Waals surface area contributed by atoms with Crippen molar-refractivity contribution in [2.24, 2.45) is 0 Å². The third kappa shape index (κ3) is 2.71. The fraction of sp³-hybridized carbons (Fsp3) is 0.167. The van der Waals surface area contributed by atoms with Crippen LogP contribution in [0.15, 0.2) is 66.7 Å². The highest BCUT2D eigenvalue weighted by molar-refractivity contribution is 6.12. The number of hydrogen-bond acceptors (Lipinski definition) is 2. The van der Waals surface area contributed by atoms with E-state index in [0.717, 1.165) is 5.56 Å². The molecule has 4 nitrogen and oxygen atoms in total. The van der Waals surface area contributed by atoms with Crippen LogP contribution in [0.1, 0.15) is 39.4 Å². The summed E-state index contributed by atoms with van der Waals surface area (Å²) in [5.74, 6) is -2.11. The summed E-state index contributed by atoms with van der Waals surface area (Å²) < 4.78 is 27.0. The van der Waals surface area contributed by atoms with Gasteiger partial charge < -0.3 is 10.0 Å². The molecule has 0 aromatic heterocycles. The summed E-state index contributed by atoms with van der Waals surface area (Å²) in [6, 6.07) is 16.8. The molecule has 5 rings (SSSR count). The lowest BCUT2D eigenvalue weighted by atomic mass is 9.91. The van der Waals surface area contributed by atoms with Crippen LogP contribution in [0.4, 0.5) is 14.5 Å². The van der Waals surface area contributed by atoms with Crippen molar-refractivity contribution in [1.82, 2.24) is 0 Å². The van der Waals surface area contributed by atoms with Gasteiger partial charge in [0, 0.05) is 11.6 Å². The predicted molar refractivity (Wildman–Crippen MR) is 106 cm³/mol. The molecule has 0 radical (unpaired) electrons. The van der Waals surface area contributed by atoms with Gasteiger partial charge >= 0.3 is 5.97 Å². The standard InChI is InChI=1S/C24H17F2NO3/c25-17-7-4-15(5-8-17)20-12-24(20)19-11-16(22(28)29)6-9-21(19)27(23(24)30)13-14-2-1-3-18(26)10-14/h1-11,20H,12-13H2,(H,28,29)/t20?,24-/m1/s1. The zero-order valence-electron chi connectivity index (χ0n) is 15.8. The molecular formula is C24H17F2NO3. The van der Waals surface area contributed by atoms with Crippen LogP contribution in [0.3, 0.4) is 0 Å². The van der Waals surface area contributed by atoms with Crippen molar-refractivity contribution in [3.8, 4) is 0 Å². The maximum atomic E-state index is 13.7. The van der Waals surface area contributed by atoms with Gasteiger partial charge in [0.05, 0.1) is 17.5 Å². The van der Waals surface area contributed by atoms with Crippen LogP contribution >= 0.6 is 0 Å². The Morgan fingerprint density at radius 2 is 1.80 bits per heavy atom. The lowest BCUT2D eigenvalue weighted by Gasteiger charge is -2.18. The molecule has 1 aliphatic heterocycles. The molecule has 3 aromatic rings. The number of carbonyl (C=O) groups is 2. The third-order valence-corrected chi connectivity index (χ3v) is 6.10. The maximum Gasteiger partial charge on any atom is 0.335 e. The molecule has 1 amide bonds. The summed E-state index contributed by atoms with van der Waals surface area (Å²) in [4.78, 5) is 26.7. The number of aromatic carboxylic acids is 1. The molecule has 1 heterocycles. The highest BCUT2D eigenvalue weighted by Crippen LogP contribution is 2.66. The lowest BCUT2D eigenvalue weighted by molar-refractivity contribution is -0.120. The molecule has 1 fully saturated rings. The van der Waals surface area contributed by atoms with E-state index in [1.807, 2.05) is 0 Å². The number of benzene rings is 3. The molecule has 3 aromatic carbocycles. The number of rotatable bonds is 4. The van der Waals surface area contributed by atoms with Gasteiger partial charge in [-0.1, -0.05) is 24.3 Å². The quantitative estimate of drug-likeness (QED) is 0.688. The number of carbonyl (C=O) groups excluding carboxylic acids is 1. The number of hydrogen-bond donors (Lipinski definition) is 1. The Kier molecular flexibility index (Phi) is 4.00. The van der Waals surface area contributed by atoms with E-state index >= 15 is 0 Å². The van der Waals surface area contributed by atoms with Crippen LogP contribution in [-0.4, -0.2) is 17.0 Å². The molecule has 1 aliphatic carbocycles. The fourth-order valence-electron chi connectivity index (χ4n) is 4.60. The van der Waals surface area contributed by atoms with Crippen LogP contribution in [0, 0.1) is 11.6 Å². The SMILES string of the molecule is O=C(O)c1ccc2c(c1)[C@@]1(CC1c1ccc(F)cc1)C(=O)N2Cc1cccc(F)c1. The van der Waals surface area contributed by atoms with Crippen molar-refractivity contribution in [1.29, 1.82) is 0 Å². The van der Waals surface area contributed by atoms with Crippen LogP contribution in [0.25, 0.3) is 0 Å². The van der Waals surface area contributed by atoms with Crippen LogP contribution in [-0.2, 0) is 16.8 Å². The first-order chi connectivity index (χ1) is 14.4. The van der Waals surface area contributed by atoms with Crippen molar-refractivity contribution in [2.75, 3.05) is 4.90 Å². The van der Waals surface area contributed by atoms with E-state index in [1.54, 1.807) is 41.3 Å². The van der Waals surface area contributed by atoms with Gasteiger partial charge in [-0.25, -0.2) is 13.6 Å². The van der Waals surface area contributed by atoms with E-state index in [1.165, 1.54) is 30.3 Å². The van der Waals surface area contributed by atoms with Crippen molar-refractivity contribution < 1.29 is 23.5 Å². The molecule has 2 atom stereocenters. The molecule has 0 saturated heterocycles. The Morgan fingerprint density at radius 1 is 1.03 bits per heavy atom. The zero-order valence-corrected chi connectivity index (χ0v) is 15.8. The minimum Gasteiger partial charge on any atom is -0.478 e. The fourth-order valence-corrected chi connectivity index (χ4v) is 4.60. The average molecular weight is 405 g/mol. The first-order valence-electron chi connectivity index (χ1n) is 9.60. The predicted octanol–water partition coefficient (Wildman–Crippen LogP) is 4.64. The molecule has 30 heavy (non-hydrogen) atoms. The van der Waals surface area contributed by atoms with E-state index in [2.05, 4.69) is 0 Å². The first-order valence-corrected chi connectivity index (χ1v) is 9.60. The number of nitrogens with zero attached hydrogens (tertiary/aromatic N) is 1. The monoisotopic (exact) mass is 405 g/mol. The second-order valence-corrected chi connectivity index (χ2v) is 7.84. The van der Waals surface area contributed by atoms with Gasteiger partial charge in [0.15, 0.2) is 0 Å². The van der Waals surface area contributed by atoms with E-state index in [9.17, 15) is 23.5 Å². The van der Waals surface area contributed by atoms with E-state index in [0.29, 0.717) is 23.2 Å². The second kappa shape index (κ2) is 6.49. The normalized spacial score (nSPS) is 21.7. The van der Waals surface area contributed by atoms with Crippen LogP contribution in [0.2, 0.25) is 0 Å². The smallest absolute Gasteiger partial charge is 0.335 e. The van der Waals surface area contributed by atoms with Gasteiger partial charge in [0.25, 0.3) is 0 Å². The summed E-state index contributed by atoms with van der Waals surface area (Å²) in [5.41, 5.74) is 2.03. The molecule has 1 unspecified atom stereocenters. The largest absolute Gasteiger partial charge is 0.478 e. The molecule has 150 valence electrons. The molecule has 6 heteroatoms. The molecule has 0 bridgehead atoms. The maximum absolute atomic E-state index is 13.7. The topological polar surface area (TPSA) is 57.6 Å². The molecule has 1 N–H and O–H groups in total. The highest BCUT2D eigenvalue weighted by Gasteiger charge is 2.67. The summed E-state index contributed by atoms with van der Waals surface area (Å²) in [6.07, 6.45) is 0.521. The van der Waals surface area contributed by atoms with Gasteiger partial charge in [-0.3, -0.25) is 4.79 Å². The summed E-state index contributed by atoms with van der Waals surface area (Å²) >= 11 is 0. The molecule has 1 spiro atoms. The number of amides is 1. The van der Waals surface area contributed by atoms with E-state index < -0.39 is 11.4 Å². The van der Waals surface area contributed by atoms with E-state index in [-0.39, 0.29) is 35.6 Å². The van der Waals surface area contributed by atoms with Crippen molar-refractivity contribution in [2.45, 2.75) is 24.3 Å². The Morgan fingerprint density at radius 3 is 2.50 bits per heavy atom. The van der Waals surface area contributed by atoms with Gasteiger partial charge in [-0.2, -0.15) is 0 Å². The van der Waals surface area contributed by atoms with Gasteiger partial charge in [-0.05, 0) is 65.6 Å². The van der Waals surface area contributed by atoms with Gasteiger partial charge in [0.1, 0.15) is 11.6 Å². The molecule has 1 saturated carbocycles. The minimum atomic E-state index is -1.07. The Hall–Kier alpha value is -3.54.